The molecule has 0 aliphatic rings. The van der Waals surface area contributed by atoms with Crippen molar-refractivity contribution >= 4 is 22.6 Å². The Morgan fingerprint density at radius 3 is 2.77 bits per heavy atom. The zero-order valence-corrected chi connectivity index (χ0v) is 15.1. The number of aryl methyl sites for hydroxylation is 1. The van der Waals surface area contributed by atoms with Crippen LogP contribution < -0.4 is 10.1 Å². The highest BCUT2D eigenvalue weighted by Crippen LogP contribution is 2.25. The van der Waals surface area contributed by atoms with Crippen molar-refractivity contribution in [2.45, 2.75) is 26.7 Å². The van der Waals surface area contributed by atoms with Gasteiger partial charge in [-0.25, -0.2) is 0 Å². The highest BCUT2D eigenvalue weighted by molar-refractivity contribution is 6.00. The van der Waals surface area contributed by atoms with Crippen LogP contribution in [0.5, 0.6) is 5.75 Å². The SMILES string of the molecule is CC(C)=CCOc1ccc2[nH]nc(NC(=O)CCc3ccccc3)c2c1. The molecule has 0 radical (unpaired) electrons. The molecule has 2 N–H and O–H groups in total. The number of nitrogens with zero attached hydrogens (tertiary/aromatic N) is 1. The molecular formula is C21H23N3O2. The van der Waals surface area contributed by atoms with Crippen LogP contribution >= 0.6 is 0 Å². The molecule has 26 heavy (non-hydrogen) atoms. The maximum atomic E-state index is 12.3. The van der Waals surface area contributed by atoms with Gasteiger partial charge >= 0.3 is 0 Å². The van der Waals surface area contributed by atoms with E-state index in [1.54, 1.807) is 0 Å². The summed E-state index contributed by atoms with van der Waals surface area (Å²) in [6.07, 6.45) is 3.13. The predicted molar refractivity (Wildman–Crippen MR) is 104 cm³/mol. The van der Waals surface area contributed by atoms with Crippen molar-refractivity contribution in [1.82, 2.24) is 10.2 Å². The number of nitrogens with one attached hydrogen (secondary N) is 2. The molecule has 5 nitrogen and oxygen atoms in total. The largest absolute Gasteiger partial charge is 0.490 e. The summed E-state index contributed by atoms with van der Waals surface area (Å²) < 4.78 is 5.73. The molecule has 134 valence electrons. The number of hydrogen-bond donors (Lipinski definition) is 2. The summed E-state index contributed by atoms with van der Waals surface area (Å²) in [4.78, 5) is 12.3. The first kappa shape index (κ1) is 17.7. The van der Waals surface area contributed by atoms with Crippen molar-refractivity contribution < 1.29 is 9.53 Å². The fourth-order valence-corrected chi connectivity index (χ4v) is 2.58. The van der Waals surface area contributed by atoms with Crippen molar-refractivity contribution in [1.29, 1.82) is 0 Å². The number of ether oxygens (including phenoxy) is 1. The monoisotopic (exact) mass is 349 g/mol. The van der Waals surface area contributed by atoms with Crippen LogP contribution in [0.3, 0.4) is 0 Å². The van der Waals surface area contributed by atoms with Gasteiger partial charge in [0.25, 0.3) is 0 Å². The number of carbonyl (C=O) groups excluding carboxylic acids is 1. The first-order chi connectivity index (χ1) is 12.6. The molecule has 0 atom stereocenters. The summed E-state index contributed by atoms with van der Waals surface area (Å²) in [7, 11) is 0. The van der Waals surface area contributed by atoms with Gasteiger partial charge in [-0.2, -0.15) is 5.10 Å². The predicted octanol–water partition coefficient (Wildman–Crippen LogP) is 4.48. The first-order valence-corrected chi connectivity index (χ1v) is 8.70. The number of aromatic amines is 1. The van der Waals surface area contributed by atoms with Crippen molar-refractivity contribution in [2.24, 2.45) is 0 Å². The minimum atomic E-state index is -0.0573. The topological polar surface area (TPSA) is 67.0 Å². The second kappa shape index (κ2) is 8.34. The van der Waals surface area contributed by atoms with Crippen LogP contribution in [0, 0.1) is 0 Å². The lowest BCUT2D eigenvalue weighted by Gasteiger charge is -2.05. The third-order valence-corrected chi connectivity index (χ3v) is 4.02. The molecule has 3 rings (SSSR count). The molecule has 0 fully saturated rings. The Kier molecular flexibility index (Phi) is 5.69. The lowest BCUT2D eigenvalue weighted by Crippen LogP contribution is -2.12. The average Bonchev–Trinajstić information content (AvgIpc) is 3.03. The van der Waals surface area contributed by atoms with Gasteiger partial charge in [-0.1, -0.05) is 35.9 Å². The zero-order valence-electron chi connectivity index (χ0n) is 15.1. The van der Waals surface area contributed by atoms with Crippen molar-refractivity contribution in [2.75, 3.05) is 11.9 Å². The molecule has 0 unspecified atom stereocenters. The van der Waals surface area contributed by atoms with Gasteiger partial charge in [0.05, 0.1) is 5.52 Å². The van der Waals surface area contributed by atoms with Gasteiger partial charge < -0.3 is 10.1 Å². The summed E-state index contributed by atoms with van der Waals surface area (Å²) in [5.41, 5.74) is 3.21. The van der Waals surface area contributed by atoms with Crippen LogP contribution in [-0.2, 0) is 11.2 Å². The number of rotatable bonds is 7. The third-order valence-electron chi connectivity index (χ3n) is 4.02. The summed E-state index contributed by atoms with van der Waals surface area (Å²) in [6, 6.07) is 15.7. The van der Waals surface area contributed by atoms with E-state index < -0.39 is 0 Å². The van der Waals surface area contributed by atoms with E-state index in [1.165, 1.54) is 5.57 Å². The van der Waals surface area contributed by atoms with Gasteiger partial charge in [0.1, 0.15) is 12.4 Å². The first-order valence-electron chi connectivity index (χ1n) is 8.70. The van der Waals surface area contributed by atoms with Crippen LogP contribution in [0.15, 0.2) is 60.2 Å². The summed E-state index contributed by atoms with van der Waals surface area (Å²) >= 11 is 0. The van der Waals surface area contributed by atoms with Crippen LogP contribution in [0.1, 0.15) is 25.8 Å². The van der Waals surface area contributed by atoms with Crippen LogP contribution in [0.4, 0.5) is 5.82 Å². The molecule has 0 bridgehead atoms. The smallest absolute Gasteiger partial charge is 0.225 e. The Morgan fingerprint density at radius 1 is 1.19 bits per heavy atom. The molecule has 5 heteroatoms. The molecule has 0 spiro atoms. The van der Waals surface area contributed by atoms with Gasteiger partial charge in [-0.15, -0.1) is 0 Å². The zero-order chi connectivity index (χ0) is 18.4. The molecule has 2 aromatic carbocycles. The van der Waals surface area contributed by atoms with Crippen LogP contribution in [0.2, 0.25) is 0 Å². The quantitative estimate of drug-likeness (QED) is 0.618. The average molecular weight is 349 g/mol. The fourth-order valence-electron chi connectivity index (χ4n) is 2.58. The van der Waals surface area contributed by atoms with Crippen molar-refractivity contribution in [3.63, 3.8) is 0 Å². The lowest BCUT2D eigenvalue weighted by molar-refractivity contribution is -0.116. The maximum Gasteiger partial charge on any atom is 0.225 e. The lowest BCUT2D eigenvalue weighted by atomic mass is 10.1. The summed E-state index contributed by atoms with van der Waals surface area (Å²) in [5, 5.41) is 10.9. The van der Waals surface area contributed by atoms with Gasteiger partial charge in [-0.05, 0) is 50.1 Å². The molecule has 1 amide bonds. The van der Waals surface area contributed by atoms with E-state index in [0.29, 0.717) is 25.3 Å². The Morgan fingerprint density at radius 2 is 2.00 bits per heavy atom. The number of carbonyl (C=O) groups is 1. The fraction of sp³-hybridized carbons (Fsp3) is 0.238. The number of hydrogen-bond acceptors (Lipinski definition) is 3. The standard InChI is InChI=1S/C21H23N3O2/c1-15(2)12-13-26-17-9-10-19-18(14-17)21(24-23-19)22-20(25)11-8-16-6-4-3-5-7-16/h3-7,9-10,12,14H,8,11,13H2,1-2H3,(H2,22,23,24,25). The second-order valence-corrected chi connectivity index (χ2v) is 6.41. The molecule has 3 aromatic rings. The molecule has 0 aliphatic heterocycles. The molecule has 1 aromatic heterocycles. The van der Waals surface area contributed by atoms with Gasteiger partial charge in [-0.3, -0.25) is 9.89 Å². The number of allylic oxidation sites excluding steroid dienone is 1. The number of aromatic nitrogens is 2. The Hall–Kier alpha value is -3.08. The number of amides is 1. The normalized spacial score (nSPS) is 10.5. The minimum Gasteiger partial charge on any atom is -0.490 e. The highest BCUT2D eigenvalue weighted by Gasteiger charge is 2.10. The maximum absolute atomic E-state index is 12.3. The second-order valence-electron chi connectivity index (χ2n) is 6.41. The van der Waals surface area contributed by atoms with E-state index in [4.69, 9.17) is 4.74 Å². The van der Waals surface area contributed by atoms with E-state index in [9.17, 15) is 4.79 Å². The Balaban J connectivity index is 1.65. The number of H-pyrrole nitrogens is 1. The minimum absolute atomic E-state index is 0.0573. The summed E-state index contributed by atoms with van der Waals surface area (Å²) in [5.74, 6) is 1.22. The van der Waals surface area contributed by atoms with Crippen LogP contribution in [0.25, 0.3) is 10.9 Å². The molecule has 1 heterocycles. The van der Waals surface area contributed by atoms with Gasteiger partial charge in [0.2, 0.25) is 5.91 Å². The van der Waals surface area contributed by atoms with Gasteiger partial charge in [0.15, 0.2) is 5.82 Å². The summed E-state index contributed by atoms with van der Waals surface area (Å²) in [6.45, 7) is 4.59. The van der Waals surface area contributed by atoms with Crippen LogP contribution in [-0.4, -0.2) is 22.7 Å². The number of benzene rings is 2. The van der Waals surface area contributed by atoms with E-state index >= 15 is 0 Å². The third kappa shape index (κ3) is 4.72. The Labute approximate surface area is 153 Å². The van der Waals surface area contributed by atoms with Crippen molar-refractivity contribution in [3.05, 3.63) is 65.7 Å². The van der Waals surface area contributed by atoms with Crippen molar-refractivity contribution in [3.8, 4) is 5.75 Å². The number of fused-ring (bicyclic) bond motifs is 1. The molecule has 0 saturated carbocycles. The number of anilines is 1. The van der Waals surface area contributed by atoms with E-state index in [-0.39, 0.29) is 5.91 Å². The molecular weight excluding hydrogens is 326 g/mol. The highest BCUT2D eigenvalue weighted by atomic mass is 16.5. The van der Waals surface area contributed by atoms with E-state index in [1.807, 2.05) is 68.5 Å². The van der Waals surface area contributed by atoms with E-state index in [2.05, 4.69) is 15.5 Å². The van der Waals surface area contributed by atoms with E-state index in [0.717, 1.165) is 22.2 Å². The molecule has 0 saturated heterocycles. The van der Waals surface area contributed by atoms with Gasteiger partial charge in [0, 0.05) is 11.8 Å². The Bertz CT molecular complexity index is 909. The molecule has 0 aliphatic carbocycles.